The summed E-state index contributed by atoms with van der Waals surface area (Å²) in [6, 6.07) is 7.59. The van der Waals surface area contributed by atoms with Gasteiger partial charge in [-0.05, 0) is 75.0 Å². The molecule has 6 heterocycles. The summed E-state index contributed by atoms with van der Waals surface area (Å²) >= 11 is 0. The van der Waals surface area contributed by atoms with E-state index in [-0.39, 0.29) is 49.0 Å². The van der Waals surface area contributed by atoms with Gasteiger partial charge in [0.25, 0.3) is 5.56 Å². The zero-order valence-corrected chi connectivity index (χ0v) is 25.3. The average Bonchev–Trinajstić information content (AvgIpc) is 3.42. The highest BCUT2D eigenvalue weighted by Crippen LogP contribution is 2.41. The van der Waals surface area contributed by atoms with Crippen LogP contribution in [0.5, 0.6) is 5.75 Å². The first-order chi connectivity index (χ1) is 21.3. The Morgan fingerprint density at radius 1 is 1.09 bits per heavy atom. The first-order valence-corrected chi connectivity index (χ1v) is 15.6. The molecule has 0 unspecified atom stereocenters. The first-order valence-electron chi connectivity index (χ1n) is 15.6. The molecule has 232 valence electrons. The summed E-state index contributed by atoms with van der Waals surface area (Å²) in [5, 5.41) is 11.9. The van der Waals surface area contributed by atoms with Gasteiger partial charge in [0.2, 0.25) is 0 Å². The molecule has 1 aromatic carbocycles. The lowest BCUT2D eigenvalue weighted by atomic mass is 9.86. The number of hydrogen-bond donors (Lipinski definition) is 1. The van der Waals surface area contributed by atoms with Gasteiger partial charge in [-0.2, -0.15) is 0 Å². The lowest BCUT2D eigenvalue weighted by Crippen LogP contribution is -2.48. The van der Waals surface area contributed by atoms with Crippen LogP contribution < -0.4 is 10.3 Å². The van der Waals surface area contributed by atoms with E-state index in [0.29, 0.717) is 41.8 Å². The van der Waals surface area contributed by atoms with E-state index in [1.54, 1.807) is 41.7 Å². The summed E-state index contributed by atoms with van der Waals surface area (Å²) in [5.74, 6) is -0.332. The number of carbonyl (C=O) groups excluding carboxylic acids is 2. The number of benzene rings is 1. The van der Waals surface area contributed by atoms with Crippen LogP contribution in [0.4, 0.5) is 4.79 Å². The van der Waals surface area contributed by atoms with Crippen molar-refractivity contribution in [1.82, 2.24) is 19.4 Å². The fraction of sp³-hybridized carbons (Fsp3) is 0.515. The third kappa shape index (κ3) is 4.69. The van der Waals surface area contributed by atoms with Gasteiger partial charge in [0.05, 0.1) is 35.6 Å². The molecular formula is C33H38N4O7. The molecule has 0 bridgehead atoms. The number of aromatic nitrogens is 2. The Morgan fingerprint density at radius 2 is 1.86 bits per heavy atom. The van der Waals surface area contributed by atoms with Crippen LogP contribution in [-0.4, -0.2) is 75.9 Å². The molecule has 2 fully saturated rings. The second kappa shape index (κ2) is 11.3. The van der Waals surface area contributed by atoms with E-state index in [0.717, 1.165) is 42.4 Å². The van der Waals surface area contributed by atoms with E-state index in [1.807, 2.05) is 6.07 Å². The highest BCUT2D eigenvalue weighted by Gasteiger charge is 2.45. The Balaban J connectivity index is 1.18. The molecule has 11 nitrogen and oxygen atoms in total. The second-order valence-electron chi connectivity index (χ2n) is 12.3. The summed E-state index contributed by atoms with van der Waals surface area (Å²) < 4.78 is 18.3. The molecule has 0 radical (unpaired) electrons. The largest absolute Gasteiger partial charge is 0.458 e. The number of ether oxygens (including phenoxy) is 3. The van der Waals surface area contributed by atoms with Crippen LogP contribution in [-0.2, 0) is 39.6 Å². The number of carbonyl (C=O) groups is 2. The highest BCUT2D eigenvalue weighted by molar-refractivity contribution is 5.90. The molecule has 0 spiro atoms. The standard InChI is InChI=1S/C33H38N4O7/c1-3-33(41)26-16-28-29-23(17-37(28)30(38)25(26)19-43-31(33)39)24(18-42-2)22-15-21(7-8-27(22)34-29)44-32(40)36-13-9-20(10-14-36)35-11-5-4-6-12-35/h7-8,15-16,20,41H,3-6,9-14,17-19H2,1-2H3/t33-/m0/s1. The number of aliphatic hydroxyl groups is 1. The summed E-state index contributed by atoms with van der Waals surface area (Å²) in [7, 11) is 1.60. The zero-order chi connectivity index (χ0) is 30.6. The fourth-order valence-electron chi connectivity index (χ4n) is 7.38. The number of hydrogen-bond acceptors (Lipinski definition) is 9. The van der Waals surface area contributed by atoms with Crippen molar-refractivity contribution < 1.29 is 28.9 Å². The minimum Gasteiger partial charge on any atom is -0.458 e. The van der Waals surface area contributed by atoms with Crippen molar-refractivity contribution in [3.05, 3.63) is 56.9 Å². The third-order valence-electron chi connectivity index (χ3n) is 9.90. The maximum absolute atomic E-state index is 13.6. The number of likely N-dealkylation sites (tertiary alicyclic amines) is 2. The molecular weight excluding hydrogens is 564 g/mol. The van der Waals surface area contributed by atoms with Crippen molar-refractivity contribution in [2.24, 2.45) is 0 Å². The van der Waals surface area contributed by atoms with Gasteiger partial charge in [-0.15, -0.1) is 0 Å². The summed E-state index contributed by atoms with van der Waals surface area (Å²) in [6.45, 7) is 5.68. The number of nitrogens with zero attached hydrogens (tertiary/aromatic N) is 4. The van der Waals surface area contributed by atoms with Gasteiger partial charge in [0, 0.05) is 42.8 Å². The zero-order valence-electron chi connectivity index (χ0n) is 25.3. The fourth-order valence-corrected chi connectivity index (χ4v) is 7.38. The van der Waals surface area contributed by atoms with Gasteiger partial charge in [-0.25, -0.2) is 14.6 Å². The first kappa shape index (κ1) is 28.9. The normalized spacial score (nSPS) is 22.0. The van der Waals surface area contributed by atoms with Crippen molar-refractivity contribution in [2.75, 3.05) is 33.3 Å². The van der Waals surface area contributed by atoms with Crippen molar-refractivity contribution in [3.63, 3.8) is 0 Å². The van der Waals surface area contributed by atoms with Crippen LogP contribution in [0.1, 0.15) is 67.7 Å². The summed E-state index contributed by atoms with van der Waals surface area (Å²) in [4.78, 5) is 48.6. The van der Waals surface area contributed by atoms with Gasteiger partial charge in [-0.3, -0.25) is 4.79 Å². The highest BCUT2D eigenvalue weighted by atomic mass is 16.6. The molecule has 1 N–H and O–H groups in total. The Bertz CT molecular complexity index is 1700. The molecule has 4 aliphatic heterocycles. The molecule has 7 rings (SSSR count). The molecule has 4 aliphatic rings. The Hall–Kier alpha value is -3.80. The molecule has 1 atom stereocenters. The van der Waals surface area contributed by atoms with Gasteiger partial charge in [0.1, 0.15) is 12.4 Å². The number of piperidine rings is 2. The second-order valence-corrected chi connectivity index (χ2v) is 12.3. The van der Waals surface area contributed by atoms with Crippen molar-refractivity contribution in [3.8, 4) is 17.1 Å². The molecule has 2 aromatic heterocycles. The van der Waals surface area contributed by atoms with Crippen LogP contribution in [0.25, 0.3) is 22.3 Å². The van der Waals surface area contributed by atoms with Gasteiger partial charge < -0.3 is 33.7 Å². The number of esters is 1. The van der Waals surface area contributed by atoms with E-state index in [9.17, 15) is 19.5 Å². The summed E-state index contributed by atoms with van der Waals surface area (Å²) in [5.41, 5.74) is 1.79. The molecule has 3 aromatic rings. The van der Waals surface area contributed by atoms with E-state index in [4.69, 9.17) is 19.2 Å². The predicted molar refractivity (Wildman–Crippen MR) is 161 cm³/mol. The van der Waals surface area contributed by atoms with Crippen LogP contribution in [0.15, 0.2) is 29.1 Å². The number of rotatable bonds is 5. The average molecular weight is 603 g/mol. The number of cyclic esters (lactones) is 1. The van der Waals surface area contributed by atoms with Crippen LogP contribution in [0, 0.1) is 0 Å². The predicted octanol–water partition coefficient (Wildman–Crippen LogP) is 3.68. The molecule has 44 heavy (non-hydrogen) atoms. The number of fused-ring (bicyclic) bond motifs is 5. The molecule has 0 aliphatic carbocycles. The SMILES string of the molecule is CC[C@@]1(O)C(=O)OCc2c1cc1n(c2=O)Cc2c-1nc1ccc(OC(=O)N3CCC(N4CCCCC4)CC3)cc1c2COC. The molecule has 11 heteroatoms. The topological polar surface area (TPSA) is 123 Å². The Labute approximate surface area is 255 Å². The lowest BCUT2D eigenvalue weighted by Gasteiger charge is -2.39. The minimum absolute atomic E-state index is 0.0760. The van der Waals surface area contributed by atoms with Gasteiger partial charge in [-0.1, -0.05) is 13.3 Å². The molecule has 2 saturated heterocycles. The maximum atomic E-state index is 13.6. The van der Waals surface area contributed by atoms with E-state index >= 15 is 0 Å². The van der Waals surface area contributed by atoms with Crippen molar-refractivity contribution in [2.45, 2.75) is 76.9 Å². The van der Waals surface area contributed by atoms with E-state index in [2.05, 4.69) is 4.90 Å². The van der Waals surface area contributed by atoms with E-state index in [1.165, 1.54) is 19.3 Å². The van der Waals surface area contributed by atoms with Crippen LogP contribution in [0.2, 0.25) is 0 Å². The van der Waals surface area contributed by atoms with Crippen molar-refractivity contribution >= 4 is 23.0 Å². The number of methoxy groups -OCH3 is 1. The number of amides is 1. The Morgan fingerprint density at radius 3 is 2.59 bits per heavy atom. The monoisotopic (exact) mass is 602 g/mol. The third-order valence-corrected chi connectivity index (χ3v) is 9.90. The molecule has 0 saturated carbocycles. The van der Waals surface area contributed by atoms with Gasteiger partial charge in [0.15, 0.2) is 5.60 Å². The van der Waals surface area contributed by atoms with Crippen LogP contribution in [0.3, 0.4) is 0 Å². The van der Waals surface area contributed by atoms with E-state index < -0.39 is 11.6 Å². The van der Waals surface area contributed by atoms with Crippen molar-refractivity contribution in [1.29, 1.82) is 0 Å². The molecule has 1 amide bonds. The summed E-state index contributed by atoms with van der Waals surface area (Å²) in [6.07, 6.45) is 5.47. The Kier molecular flexibility index (Phi) is 7.42. The lowest BCUT2D eigenvalue weighted by molar-refractivity contribution is -0.172. The quantitative estimate of drug-likeness (QED) is 0.341. The smallest absolute Gasteiger partial charge is 0.415 e. The minimum atomic E-state index is -1.89. The van der Waals surface area contributed by atoms with Gasteiger partial charge >= 0.3 is 12.1 Å². The maximum Gasteiger partial charge on any atom is 0.415 e. The number of pyridine rings is 2. The van der Waals surface area contributed by atoms with Crippen LogP contribution >= 0.6 is 0 Å².